The smallest absolute Gasteiger partial charge is 0.224 e. The average molecular weight is 400 g/mol. The largest absolute Gasteiger partial charge is 0.368 e. The second kappa shape index (κ2) is 9.44. The topological polar surface area (TPSA) is 87.0 Å². The van der Waals surface area contributed by atoms with Crippen LogP contribution in [0.1, 0.15) is 45.4 Å². The van der Waals surface area contributed by atoms with E-state index in [9.17, 15) is 4.79 Å². The fraction of sp³-hybridized carbons (Fsp3) is 0.556. The maximum absolute atomic E-state index is 12.2. The molecule has 8 heteroatoms. The third kappa shape index (κ3) is 4.61. The zero-order valence-electron chi connectivity index (χ0n) is 15.1. The number of fused-ring (bicyclic) bond motifs is 1. The predicted octanol–water partition coefficient (Wildman–Crippen LogP) is 4.08. The summed E-state index contributed by atoms with van der Waals surface area (Å²) in [4.78, 5) is 21.9. The van der Waals surface area contributed by atoms with Crippen molar-refractivity contribution < 1.29 is 4.79 Å². The van der Waals surface area contributed by atoms with Crippen LogP contribution in [0.25, 0.3) is 11.0 Å². The second-order valence-corrected chi connectivity index (χ2v) is 7.14. The molecule has 0 aliphatic carbocycles. The van der Waals surface area contributed by atoms with Gasteiger partial charge in [0, 0.05) is 31.7 Å². The Morgan fingerprint density at radius 1 is 1.50 bits per heavy atom. The summed E-state index contributed by atoms with van der Waals surface area (Å²) < 4.78 is 0. The van der Waals surface area contributed by atoms with Gasteiger partial charge in [0.15, 0.2) is 0 Å². The second-order valence-electron chi connectivity index (χ2n) is 6.73. The number of carbonyl (C=O) groups excluding carboxylic acids is 1. The van der Waals surface area contributed by atoms with Crippen molar-refractivity contribution in [1.29, 1.82) is 0 Å². The van der Waals surface area contributed by atoms with Gasteiger partial charge in [-0.05, 0) is 19.3 Å². The van der Waals surface area contributed by atoms with Crippen LogP contribution in [0.15, 0.2) is 12.4 Å². The van der Waals surface area contributed by atoms with Crippen LogP contribution in [0.4, 0.5) is 11.4 Å². The number of H-pyrrole nitrogens is 1. The first-order valence-electron chi connectivity index (χ1n) is 9.06. The molecule has 4 N–H and O–H groups in total. The van der Waals surface area contributed by atoms with Crippen LogP contribution in [0.2, 0.25) is 5.02 Å². The van der Waals surface area contributed by atoms with Crippen molar-refractivity contribution in [2.45, 2.75) is 51.5 Å². The lowest BCUT2D eigenvalue weighted by molar-refractivity contribution is -0.116. The summed E-state index contributed by atoms with van der Waals surface area (Å²) in [6.07, 6.45) is 9.09. The van der Waals surface area contributed by atoms with E-state index in [1.54, 1.807) is 12.4 Å². The molecule has 144 valence electrons. The van der Waals surface area contributed by atoms with Crippen molar-refractivity contribution in [2.24, 2.45) is 5.73 Å². The lowest BCUT2D eigenvalue weighted by Crippen LogP contribution is -2.43. The number of halogens is 2. The van der Waals surface area contributed by atoms with Gasteiger partial charge in [0.1, 0.15) is 5.65 Å². The highest BCUT2D eigenvalue weighted by atomic mass is 35.5. The molecule has 2 aromatic rings. The SMILES string of the molecule is CCCCCC(=O)Nc1c[nH]c2ncc(Cl)c(N3CCC[C@@H](N)C3)c12.Cl. The van der Waals surface area contributed by atoms with Crippen molar-refractivity contribution in [2.75, 3.05) is 23.3 Å². The van der Waals surface area contributed by atoms with Crippen LogP contribution in [-0.2, 0) is 4.79 Å². The quantitative estimate of drug-likeness (QED) is 0.638. The minimum Gasteiger partial charge on any atom is -0.368 e. The highest BCUT2D eigenvalue weighted by Crippen LogP contribution is 2.38. The third-order valence-corrected chi connectivity index (χ3v) is 4.96. The molecule has 0 unspecified atom stereocenters. The number of nitrogens with one attached hydrogen (secondary N) is 2. The van der Waals surface area contributed by atoms with Gasteiger partial charge in [0.25, 0.3) is 0 Å². The van der Waals surface area contributed by atoms with Crippen molar-refractivity contribution in [3.8, 4) is 0 Å². The van der Waals surface area contributed by atoms with Gasteiger partial charge in [-0.15, -0.1) is 12.4 Å². The molecule has 3 rings (SSSR count). The van der Waals surface area contributed by atoms with E-state index in [1.165, 1.54) is 0 Å². The van der Waals surface area contributed by atoms with E-state index >= 15 is 0 Å². The summed E-state index contributed by atoms with van der Waals surface area (Å²) >= 11 is 6.48. The third-order valence-electron chi connectivity index (χ3n) is 4.68. The minimum atomic E-state index is 0. The van der Waals surface area contributed by atoms with Gasteiger partial charge >= 0.3 is 0 Å². The number of unbranched alkanes of at least 4 members (excludes halogenated alkanes) is 2. The molecule has 0 spiro atoms. The molecule has 26 heavy (non-hydrogen) atoms. The lowest BCUT2D eigenvalue weighted by Gasteiger charge is -2.33. The lowest BCUT2D eigenvalue weighted by atomic mass is 10.1. The molecule has 1 fully saturated rings. The Hall–Kier alpha value is -1.50. The number of anilines is 2. The van der Waals surface area contributed by atoms with Crippen molar-refractivity contribution in [1.82, 2.24) is 9.97 Å². The predicted molar refractivity (Wildman–Crippen MR) is 111 cm³/mol. The number of piperidine rings is 1. The van der Waals surface area contributed by atoms with Crippen LogP contribution in [0.5, 0.6) is 0 Å². The van der Waals surface area contributed by atoms with E-state index in [-0.39, 0.29) is 24.4 Å². The number of nitrogens with two attached hydrogens (primary N) is 1. The summed E-state index contributed by atoms with van der Waals surface area (Å²) in [6.45, 7) is 3.79. The van der Waals surface area contributed by atoms with Gasteiger partial charge in [0.2, 0.25) is 5.91 Å². The van der Waals surface area contributed by atoms with E-state index in [1.807, 2.05) is 0 Å². The minimum absolute atomic E-state index is 0. The number of aromatic nitrogens is 2. The summed E-state index contributed by atoms with van der Waals surface area (Å²) in [5.41, 5.74) is 8.51. The molecule has 1 aliphatic rings. The summed E-state index contributed by atoms with van der Waals surface area (Å²) in [7, 11) is 0. The molecular weight excluding hydrogens is 373 g/mol. The Bertz CT molecular complexity index is 749. The van der Waals surface area contributed by atoms with Gasteiger partial charge in [-0.25, -0.2) is 4.98 Å². The standard InChI is InChI=1S/C18H26ClN5O.ClH/c1-2-3-4-7-15(25)23-14-10-22-18-16(14)17(13(19)9-21-18)24-8-5-6-12(20)11-24;/h9-10,12H,2-8,11,20H2,1H3,(H,21,22)(H,23,25);1H/t12-;/m1./s1. The molecule has 1 aliphatic heterocycles. The zero-order valence-corrected chi connectivity index (χ0v) is 16.6. The molecular formula is C18H27Cl2N5O. The van der Waals surface area contributed by atoms with Gasteiger partial charge < -0.3 is 20.9 Å². The van der Waals surface area contributed by atoms with Crippen molar-refractivity contribution in [3.05, 3.63) is 17.4 Å². The maximum Gasteiger partial charge on any atom is 0.224 e. The number of hydrogen-bond acceptors (Lipinski definition) is 4. The molecule has 2 aromatic heterocycles. The molecule has 0 bridgehead atoms. The van der Waals surface area contributed by atoms with Crippen molar-refractivity contribution >= 4 is 52.3 Å². The maximum atomic E-state index is 12.2. The van der Waals surface area contributed by atoms with E-state index in [2.05, 4.69) is 27.1 Å². The highest BCUT2D eigenvalue weighted by molar-refractivity contribution is 6.35. The van der Waals surface area contributed by atoms with Crippen LogP contribution >= 0.6 is 24.0 Å². The van der Waals surface area contributed by atoms with Gasteiger partial charge in [-0.1, -0.05) is 31.4 Å². The van der Waals surface area contributed by atoms with Gasteiger partial charge in [0.05, 0.1) is 28.0 Å². The van der Waals surface area contributed by atoms with Gasteiger partial charge in [-0.3, -0.25) is 4.79 Å². The first kappa shape index (κ1) is 20.8. The number of pyridine rings is 1. The Kier molecular flexibility index (Phi) is 7.55. The van der Waals surface area contributed by atoms with Crippen molar-refractivity contribution in [3.63, 3.8) is 0 Å². The zero-order chi connectivity index (χ0) is 17.8. The molecule has 1 amide bonds. The van der Waals surface area contributed by atoms with Crippen LogP contribution in [-0.4, -0.2) is 35.0 Å². The fourth-order valence-electron chi connectivity index (χ4n) is 3.42. The van der Waals surface area contributed by atoms with E-state index in [0.29, 0.717) is 11.4 Å². The number of carbonyl (C=O) groups is 1. The Balaban J connectivity index is 0.00000243. The molecule has 6 nitrogen and oxygen atoms in total. The number of rotatable bonds is 6. The molecule has 0 radical (unpaired) electrons. The van der Waals surface area contributed by atoms with Crippen LogP contribution < -0.4 is 16.0 Å². The summed E-state index contributed by atoms with van der Waals surface area (Å²) in [5, 5.41) is 4.47. The first-order chi connectivity index (χ1) is 12.1. The Morgan fingerprint density at radius 2 is 2.31 bits per heavy atom. The number of aromatic amines is 1. The van der Waals surface area contributed by atoms with E-state index < -0.39 is 0 Å². The highest BCUT2D eigenvalue weighted by Gasteiger charge is 2.24. The monoisotopic (exact) mass is 399 g/mol. The van der Waals surface area contributed by atoms with Crippen LogP contribution in [0.3, 0.4) is 0 Å². The molecule has 0 aromatic carbocycles. The van der Waals surface area contributed by atoms with Gasteiger partial charge in [-0.2, -0.15) is 0 Å². The molecule has 1 saturated heterocycles. The number of nitrogens with zero attached hydrogens (tertiary/aromatic N) is 2. The van der Waals surface area contributed by atoms with Crippen LogP contribution in [0, 0.1) is 0 Å². The summed E-state index contributed by atoms with van der Waals surface area (Å²) in [6, 6.07) is 0.138. The fourth-order valence-corrected chi connectivity index (χ4v) is 3.69. The normalized spacial score (nSPS) is 17.2. The Morgan fingerprint density at radius 3 is 3.04 bits per heavy atom. The van der Waals surface area contributed by atoms with E-state index in [0.717, 1.165) is 67.6 Å². The molecule has 0 saturated carbocycles. The first-order valence-corrected chi connectivity index (χ1v) is 9.44. The number of amides is 1. The number of hydrogen-bond donors (Lipinski definition) is 3. The molecule has 1 atom stereocenters. The molecule has 3 heterocycles. The average Bonchev–Trinajstić information content (AvgIpc) is 2.98. The summed E-state index contributed by atoms with van der Waals surface area (Å²) in [5.74, 6) is 0.0237. The Labute approximate surface area is 165 Å². The van der Waals surface area contributed by atoms with E-state index in [4.69, 9.17) is 17.3 Å².